The summed E-state index contributed by atoms with van der Waals surface area (Å²) in [5, 5.41) is 9.94. The predicted molar refractivity (Wildman–Crippen MR) is 148 cm³/mol. The first-order valence-corrected chi connectivity index (χ1v) is 14.2. The minimum absolute atomic E-state index is 0.0405. The third-order valence-corrected chi connectivity index (χ3v) is 6.28. The number of ether oxygens (including phenoxy) is 3. The van der Waals surface area contributed by atoms with E-state index < -0.39 is 35.5 Å². The second-order valence-corrected chi connectivity index (χ2v) is 10.7. The summed E-state index contributed by atoms with van der Waals surface area (Å²) < 4.78 is 16.4. The molecule has 0 fully saturated rings. The molecule has 1 aromatic rings. The lowest BCUT2D eigenvalue weighted by molar-refractivity contribution is -0.153. The Kier molecular flexibility index (Phi) is 15.4. The van der Waals surface area contributed by atoms with E-state index in [9.17, 15) is 24.3 Å². The molecule has 9 heteroatoms. The van der Waals surface area contributed by atoms with E-state index in [4.69, 9.17) is 19.9 Å². The highest BCUT2D eigenvalue weighted by atomic mass is 16.6. The first-order valence-electron chi connectivity index (χ1n) is 14.2. The van der Waals surface area contributed by atoms with Crippen LogP contribution < -0.4 is 15.2 Å². The molecule has 0 aliphatic heterocycles. The molecule has 0 radical (unpaired) electrons. The van der Waals surface area contributed by atoms with Crippen molar-refractivity contribution in [1.29, 1.82) is 0 Å². The SMILES string of the molecule is CCCCCC(=O)Oc1ccc(CC(N)(C[C@H](C)OC(=O)CCC(C)C)C(=O)O)cc1OC(=O)CCCCC. The lowest BCUT2D eigenvalue weighted by Gasteiger charge is -2.28. The maximum absolute atomic E-state index is 12.5. The van der Waals surface area contributed by atoms with Crippen LogP contribution in [0.3, 0.4) is 0 Å². The van der Waals surface area contributed by atoms with Crippen molar-refractivity contribution in [2.75, 3.05) is 0 Å². The lowest BCUT2D eigenvalue weighted by Crippen LogP contribution is -2.52. The summed E-state index contributed by atoms with van der Waals surface area (Å²) in [6.45, 7) is 9.68. The highest BCUT2D eigenvalue weighted by Gasteiger charge is 2.37. The number of carboxylic acid groups (broad SMARTS) is 1. The van der Waals surface area contributed by atoms with Crippen molar-refractivity contribution in [3.05, 3.63) is 23.8 Å². The topological polar surface area (TPSA) is 142 Å². The Balaban J connectivity index is 3.08. The summed E-state index contributed by atoms with van der Waals surface area (Å²) in [5.41, 5.74) is 5.03. The molecule has 220 valence electrons. The molecule has 0 amide bonds. The monoisotopic (exact) mass is 549 g/mol. The number of rotatable bonds is 19. The molecular weight excluding hydrogens is 502 g/mol. The van der Waals surface area contributed by atoms with Crippen molar-refractivity contribution >= 4 is 23.9 Å². The largest absolute Gasteiger partial charge is 0.480 e. The maximum atomic E-state index is 12.5. The van der Waals surface area contributed by atoms with Crippen LogP contribution in [0.25, 0.3) is 0 Å². The molecule has 0 saturated carbocycles. The van der Waals surface area contributed by atoms with Crippen LogP contribution in [0, 0.1) is 5.92 Å². The van der Waals surface area contributed by atoms with Gasteiger partial charge in [-0.2, -0.15) is 0 Å². The van der Waals surface area contributed by atoms with E-state index in [2.05, 4.69) is 0 Å². The number of carbonyl (C=O) groups excluding carboxylic acids is 3. The average Bonchev–Trinajstić information content (AvgIpc) is 2.84. The number of esters is 3. The van der Waals surface area contributed by atoms with E-state index in [1.54, 1.807) is 13.0 Å². The molecule has 0 aliphatic rings. The van der Waals surface area contributed by atoms with Crippen LogP contribution in [0.15, 0.2) is 18.2 Å². The summed E-state index contributed by atoms with van der Waals surface area (Å²) >= 11 is 0. The second kappa shape index (κ2) is 17.6. The van der Waals surface area contributed by atoms with Gasteiger partial charge in [-0.05, 0) is 49.8 Å². The molecule has 1 rings (SSSR count). The maximum Gasteiger partial charge on any atom is 0.324 e. The van der Waals surface area contributed by atoms with Crippen LogP contribution in [0.5, 0.6) is 11.5 Å². The zero-order chi connectivity index (χ0) is 29.4. The van der Waals surface area contributed by atoms with Crippen molar-refractivity contribution in [3.63, 3.8) is 0 Å². The molecule has 1 unspecified atom stereocenters. The Bertz CT molecular complexity index is 945. The fourth-order valence-corrected chi connectivity index (χ4v) is 4.06. The zero-order valence-electron chi connectivity index (χ0n) is 24.3. The molecule has 0 bridgehead atoms. The summed E-state index contributed by atoms with van der Waals surface area (Å²) in [6.07, 6.45) is 5.44. The third kappa shape index (κ3) is 13.6. The molecule has 0 aliphatic carbocycles. The molecule has 0 saturated heterocycles. The number of benzene rings is 1. The normalized spacial score (nSPS) is 13.4. The van der Waals surface area contributed by atoms with Gasteiger partial charge in [-0.15, -0.1) is 0 Å². The molecule has 0 heterocycles. The van der Waals surface area contributed by atoms with E-state index in [1.807, 2.05) is 27.7 Å². The van der Waals surface area contributed by atoms with Gasteiger partial charge in [-0.3, -0.25) is 19.2 Å². The highest BCUT2D eigenvalue weighted by Crippen LogP contribution is 2.32. The second-order valence-electron chi connectivity index (χ2n) is 10.7. The lowest BCUT2D eigenvalue weighted by atomic mass is 9.86. The Morgan fingerprint density at radius 3 is 1.92 bits per heavy atom. The van der Waals surface area contributed by atoms with E-state index in [0.29, 0.717) is 30.7 Å². The molecule has 0 spiro atoms. The smallest absolute Gasteiger partial charge is 0.324 e. The van der Waals surface area contributed by atoms with Crippen LogP contribution >= 0.6 is 0 Å². The number of carboxylic acids is 1. The quantitative estimate of drug-likeness (QED) is 0.125. The van der Waals surface area contributed by atoms with Gasteiger partial charge < -0.3 is 25.1 Å². The standard InChI is InChI=1S/C30H47NO8/c1-6-8-10-12-26(32)38-24-16-15-23(18-25(24)39-27(33)13-11-9-7-2)20-30(31,29(35)36)19-22(5)37-28(34)17-14-21(3)4/h15-16,18,21-22H,6-14,17,19-20,31H2,1-5H3,(H,35,36)/t22-,30?/m0/s1. The number of hydrogen-bond acceptors (Lipinski definition) is 8. The molecule has 9 nitrogen and oxygen atoms in total. The van der Waals surface area contributed by atoms with E-state index in [-0.39, 0.29) is 43.6 Å². The number of carbonyl (C=O) groups is 4. The van der Waals surface area contributed by atoms with E-state index >= 15 is 0 Å². The minimum atomic E-state index is -1.75. The zero-order valence-corrected chi connectivity index (χ0v) is 24.3. The molecule has 0 aromatic heterocycles. The highest BCUT2D eigenvalue weighted by molar-refractivity contribution is 5.80. The number of aliphatic carboxylic acids is 1. The number of nitrogens with two attached hydrogens (primary N) is 1. The molecule has 1 aromatic carbocycles. The van der Waals surface area contributed by atoms with Crippen molar-refractivity contribution in [2.24, 2.45) is 11.7 Å². The van der Waals surface area contributed by atoms with Crippen LogP contribution in [0.1, 0.15) is 111 Å². The van der Waals surface area contributed by atoms with Gasteiger partial charge in [0.1, 0.15) is 11.6 Å². The van der Waals surface area contributed by atoms with Crippen molar-refractivity contribution in [1.82, 2.24) is 0 Å². The van der Waals surface area contributed by atoms with Crippen LogP contribution in [0.2, 0.25) is 0 Å². The van der Waals surface area contributed by atoms with Gasteiger partial charge in [0.05, 0.1) is 0 Å². The molecular formula is C30H47NO8. The Hall–Kier alpha value is -2.94. The van der Waals surface area contributed by atoms with Gasteiger partial charge in [-0.25, -0.2) is 0 Å². The summed E-state index contributed by atoms with van der Waals surface area (Å²) in [4.78, 5) is 49.1. The minimum Gasteiger partial charge on any atom is -0.480 e. The molecule has 39 heavy (non-hydrogen) atoms. The van der Waals surface area contributed by atoms with Gasteiger partial charge in [-0.1, -0.05) is 59.4 Å². The Morgan fingerprint density at radius 1 is 0.846 bits per heavy atom. The van der Waals surface area contributed by atoms with E-state index in [1.165, 1.54) is 12.1 Å². The van der Waals surface area contributed by atoms with Gasteiger partial charge in [0.2, 0.25) is 0 Å². The fraction of sp³-hybridized carbons (Fsp3) is 0.667. The summed E-state index contributed by atoms with van der Waals surface area (Å²) in [7, 11) is 0. The first-order chi connectivity index (χ1) is 18.4. The summed E-state index contributed by atoms with van der Waals surface area (Å²) in [6, 6.07) is 4.56. The third-order valence-electron chi connectivity index (χ3n) is 6.28. The van der Waals surface area contributed by atoms with E-state index in [0.717, 1.165) is 25.7 Å². The fourth-order valence-electron chi connectivity index (χ4n) is 4.06. The number of unbranched alkanes of at least 4 members (excludes halogenated alkanes) is 4. The Labute approximate surface area is 232 Å². The van der Waals surface area contributed by atoms with Crippen molar-refractivity contribution in [3.8, 4) is 11.5 Å². The molecule has 3 N–H and O–H groups in total. The summed E-state index contributed by atoms with van der Waals surface area (Å²) in [5.74, 6) is -2.08. The van der Waals surface area contributed by atoms with Crippen molar-refractivity contribution < 1.29 is 38.5 Å². The average molecular weight is 550 g/mol. The van der Waals surface area contributed by atoms with Crippen LogP contribution in [0.4, 0.5) is 0 Å². The van der Waals surface area contributed by atoms with Crippen LogP contribution in [-0.4, -0.2) is 40.6 Å². The predicted octanol–water partition coefficient (Wildman–Crippen LogP) is 5.74. The van der Waals surface area contributed by atoms with Crippen molar-refractivity contribution in [2.45, 2.75) is 123 Å². The molecule has 2 atom stereocenters. The van der Waals surface area contributed by atoms with Gasteiger partial charge in [0.25, 0.3) is 0 Å². The van der Waals surface area contributed by atoms with Crippen LogP contribution in [-0.2, 0) is 30.3 Å². The Morgan fingerprint density at radius 2 is 1.41 bits per heavy atom. The first kappa shape index (κ1) is 34.1. The van der Waals surface area contributed by atoms with Gasteiger partial charge in [0.15, 0.2) is 11.5 Å². The van der Waals surface area contributed by atoms with Gasteiger partial charge in [0, 0.05) is 32.1 Å². The number of hydrogen-bond donors (Lipinski definition) is 2. The van der Waals surface area contributed by atoms with Gasteiger partial charge >= 0.3 is 23.9 Å².